The molecule has 4 nitrogen and oxygen atoms in total. The van der Waals surface area contributed by atoms with Crippen molar-refractivity contribution in [3.63, 3.8) is 0 Å². The Balaban J connectivity index is 0.000000108. The second-order valence-electron chi connectivity index (χ2n) is 36.2. The molecule has 5 heteroatoms. The number of hydrogen-bond acceptors (Lipinski definition) is 5. The monoisotopic (exact) mass is 1740 g/mol. The molecule has 0 N–H and O–H groups in total. The number of fused-ring (bicyclic) bond motifs is 19. The summed E-state index contributed by atoms with van der Waals surface area (Å²) in [7, 11) is 0. The van der Waals surface area contributed by atoms with E-state index in [1.807, 2.05) is 11.3 Å². The number of para-hydroxylation sites is 5. The highest BCUT2D eigenvalue weighted by molar-refractivity contribution is 7.26. The Labute approximate surface area is 788 Å². The maximum absolute atomic E-state index is 6.43. The zero-order chi connectivity index (χ0) is 89.7. The Morgan fingerprint density at radius 3 is 1.16 bits per heavy atom. The van der Waals surface area contributed by atoms with E-state index in [9.17, 15) is 0 Å². The molecule has 0 fully saturated rings. The molecule has 636 valence electrons. The smallest absolute Gasteiger partial charge is 0.136 e. The van der Waals surface area contributed by atoms with Gasteiger partial charge in [0.05, 0.1) is 5.41 Å². The van der Waals surface area contributed by atoms with Crippen molar-refractivity contribution in [3.05, 3.63) is 537 Å². The van der Waals surface area contributed by atoms with Crippen LogP contribution in [-0.4, -0.2) is 0 Å². The van der Waals surface area contributed by atoms with E-state index in [0.717, 1.165) is 78.5 Å². The highest BCUT2D eigenvalue weighted by Crippen LogP contribution is 2.59. The van der Waals surface area contributed by atoms with E-state index >= 15 is 0 Å². The minimum atomic E-state index is -0.462. The molecule has 0 saturated heterocycles. The quantitative estimate of drug-likeness (QED) is 0.107. The van der Waals surface area contributed by atoms with Crippen LogP contribution in [0.4, 0.5) is 51.2 Å². The molecular weight excluding hydrogens is 1650 g/mol. The predicted octanol–water partition coefficient (Wildman–Crippen LogP) is 36.7. The van der Waals surface area contributed by atoms with Gasteiger partial charge in [-0.3, -0.25) is 0 Å². The molecule has 2 aromatic heterocycles. The molecule has 25 aromatic rings. The van der Waals surface area contributed by atoms with Gasteiger partial charge in [-0.25, -0.2) is 0 Å². The van der Waals surface area contributed by atoms with Crippen LogP contribution >= 0.6 is 11.3 Å². The number of anilines is 9. The maximum Gasteiger partial charge on any atom is 0.136 e. The van der Waals surface area contributed by atoms with Crippen LogP contribution in [0, 0.1) is 0 Å². The van der Waals surface area contributed by atoms with Gasteiger partial charge in [0, 0.05) is 92.9 Å². The Kier molecular flexibility index (Phi) is 19.7. The van der Waals surface area contributed by atoms with Crippen LogP contribution in [0.25, 0.3) is 151 Å². The van der Waals surface area contributed by atoms with Crippen LogP contribution in [-0.2, 0) is 10.8 Å². The summed E-state index contributed by atoms with van der Waals surface area (Å²) in [6.07, 6.45) is 0. The lowest BCUT2D eigenvalue weighted by atomic mass is 9.67. The molecule has 0 aliphatic heterocycles. The molecule has 0 radical (unpaired) electrons. The predicted molar refractivity (Wildman–Crippen MR) is 574 cm³/mol. The van der Waals surface area contributed by atoms with Crippen LogP contribution in [0.2, 0.25) is 0 Å². The van der Waals surface area contributed by atoms with E-state index in [4.69, 9.17) is 4.42 Å². The lowest BCUT2D eigenvalue weighted by Gasteiger charge is -2.34. The Morgan fingerprint density at radius 1 is 0.193 bits per heavy atom. The Hall–Kier alpha value is -17.0. The van der Waals surface area contributed by atoms with E-state index < -0.39 is 5.41 Å². The van der Waals surface area contributed by atoms with Crippen molar-refractivity contribution < 1.29 is 4.42 Å². The minimum Gasteiger partial charge on any atom is -0.456 e. The number of benzene rings is 23. The maximum atomic E-state index is 6.43. The number of rotatable bonds is 13. The summed E-state index contributed by atoms with van der Waals surface area (Å²) in [4.78, 5) is 7.04. The number of nitrogens with zero attached hydrogens (tertiary/aromatic N) is 3. The summed E-state index contributed by atoms with van der Waals surface area (Å²) in [5, 5.41) is 20.0. The van der Waals surface area contributed by atoms with Crippen molar-refractivity contribution in [3.8, 4) is 44.5 Å². The lowest BCUT2D eigenvalue weighted by molar-refractivity contribution is 0.660. The Bertz CT molecular complexity index is 8760. The number of thiophene rings is 1. The van der Waals surface area contributed by atoms with E-state index in [1.165, 1.54) is 157 Å². The van der Waals surface area contributed by atoms with Crippen molar-refractivity contribution in [1.29, 1.82) is 0 Å². The summed E-state index contributed by atoms with van der Waals surface area (Å²) in [5.41, 5.74) is 29.6. The second-order valence-corrected chi connectivity index (χ2v) is 37.2. The van der Waals surface area contributed by atoms with Crippen LogP contribution < -0.4 is 14.7 Å². The third-order valence-corrected chi connectivity index (χ3v) is 29.2. The zero-order valence-corrected chi connectivity index (χ0v) is 75.4. The highest BCUT2D eigenvalue weighted by atomic mass is 32.1. The molecule has 0 saturated carbocycles. The summed E-state index contributed by atoms with van der Waals surface area (Å²) in [6, 6.07) is 183. The second kappa shape index (κ2) is 33.1. The lowest BCUT2D eigenvalue weighted by Crippen LogP contribution is -2.28. The average molecular weight is 1740 g/mol. The van der Waals surface area contributed by atoms with Gasteiger partial charge in [-0.2, -0.15) is 0 Å². The summed E-state index contributed by atoms with van der Waals surface area (Å²) >= 11 is 1.90. The fourth-order valence-electron chi connectivity index (χ4n) is 21.6. The zero-order valence-electron chi connectivity index (χ0n) is 74.6. The van der Waals surface area contributed by atoms with E-state index in [-0.39, 0.29) is 5.41 Å². The molecule has 135 heavy (non-hydrogen) atoms. The topological polar surface area (TPSA) is 22.9 Å². The summed E-state index contributed by atoms with van der Waals surface area (Å²) in [5.74, 6) is 0. The Morgan fingerprint density at radius 2 is 0.585 bits per heavy atom. The van der Waals surface area contributed by atoms with Gasteiger partial charge in [0.25, 0.3) is 0 Å². The molecule has 0 atom stereocenters. The molecule has 23 aromatic carbocycles. The van der Waals surface area contributed by atoms with Crippen LogP contribution in [0.3, 0.4) is 0 Å². The van der Waals surface area contributed by atoms with E-state index in [0.29, 0.717) is 0 Å². The molecule has 0 bridgehead atoms. The molecule has 0 spiro atoms. The normalized spacial score (nSPS) is 12.6. The average Bonchev–Trinajstić information content (AvgIpc) is 1.53. The van der Waals surface area contributed by atoms with Gasteiger partial charge < -0.3 is 19.1 Å². The van der Waals surface area contributed by atoms with Gasteiger partial charge >= 0.3 is 0 Å². The molecule has 27 rings (SSSR count). The first-order valence-corrected chi connectivity index (χ1v) is 47.4. The molecule has 2 heterocycles. The van der Waals surface area contributed by atoms with Crippen molar-refractivity contribution in [2.45, 2.75) is 24.7 Å². The molecular formula is C130H89N3OS. The van der Waals surface area contributed by atoms with Gasteiger partial charge in [-0.15, -0.1) is 11.3 Å². The molecule has 0 unspecified atom stereocenters. The number of furan rings is 1. The van der Waals surface area contributed by atoms with Gasteiger partial charge in [0.1, 0.15) is 11.2 Å². The van der Waals surface area contributed by atoms with Gasteiger partial charge in [0.2, 0.25) is 0 Å². The first kappa shape index (κ1) is 80.1. The van der Waals surface area contributed by atoms with Gasteiger partial charge in [-0.05, 0) is 319 Å². The summed E-state index contributed by atoms with van der Waals surface area (Å²) in [6.45, 7) is 4.68. The van der Waals surface area contributed by atoms with Crippen molar-refractivity contribution >= 4 is 169 Å². The third kappa shape index (κ3) is 14.0. The first-order chi connectivity index (χ1) is 66.6. The number of hydrogen-bond donors (Lipinski definition) is 0. The van der Waals surface area contributed by atoms with Crippen LogP contribution in [0.15, 0.2) is 508 Å². The van der Waals surface area contributed by atoms with Gasteiger partial charge in [0.15, 0.2) is 0 Å². The van der Waals surface area contributed by atoms with E-state index in [1.54, 1.807) is 0 Å². The van der Waals surface area contributed by atoms with Gasteiger partial charge in [-0.1, -0.05) is 335 Å². The molecule has 2 aliphatic rings. The summed E-state index contributed by atoms with van der Waals surface area (Å²) < 4.78 is 9.12. The molecule has 0 amide bonds. The van der Waals surface area contributed by atoms with Crippen molar-refractivity contribution in [2.75, 3.05) is 14.7 Å². The minimum absolute atomic E-state index is 0.0641. The SMILES string of the molecule is CC1(C)c2ccccc2-c2ccc(N(c3ccccc3)c3ccc4cc5c(cc4c3)oc3cc4ccccc4cc35)cc21.c1ccc(N(c2ccccc2)c2ccc3c(c2)-c2cc4cc5ccccc5cc4cc2C3(c2ccccc2)c2ccccc2)cc1.c1ccc(N(c2ccccc2)c2cccc(-c3ccc(-c4cc5c6ccccc6sc5c5cc6ccccc6cc45)cc3)c2)cc1. The standard InChI is InChI=1S/C45H31N.C44H29NS.C41H29NO/c1-5-17-36(18-6-1)45(37-19-7-2-8-20-37)43-26-25-40(46(38-21-9-3-10-22-38)39-23-11-4-12-24-39)31-42(43)41-29-34-27-32-15-13-14-16-33(32)28-35(34)30-44(41)45;1-3-15-35(16-4-1)45(36-17-5-2-6-18-36)37-19-11-14-32(26-37)30-22-24-31(25-23-30)39-29-42-38-20-9-10-21-43(38)46-44(42)41-28-34-13-8-7-12-33(34)27-40(39)41;1-41(2)37-15-9-8-14-33(37)34-19-18-32(25-38(34)41)42(30-12-4-3-5-13-30)31-17-16-28-22-36-35-21-26-10-6-7-11-27(26)23-39(35)43-40(36)24-29(28)20-31/h1-31H;1-29H;3-25H,1-2H3. The van der Waals surface area contributed by atoms with E-state index in [2.05, 4.69) is 532 Å². The highest BCUT2D eigenvalue weighted by Gasteiger charge is 2.47. The fourth-order valence-corrected chi connectivity index (χ4v) is 22.8. The first-order valence-electron chi connectivity index (χ1n) is 46.5. The van der Waals surface area contributed by atoms with Crippen LogP contribution in [0.5, 0.6) is 0 Å². The third-order valence-electron chi connectivity index (χ3n) is 28.0. The van der Waals surface area contributed by atoms with Crippen molar-refractivity contribution in [1.82, 2.24) is 0 Å². The fraction of sp³-hybridized carbons (Fsp3) is 0.0308. The van der Waals surface area contributed by atoms with Crippen molar-refractivity contribution in [2.24, 2.45) is 0 Å². The molecule has 2 aliphatic carbocycles. The largest absolute Gasteiger partial charge is 0.456 e. The van der Waals surface area contributed by atoms with Crippen LogP contribution in [0.1, 0.15) is 47.2 Å².